The highest BCUT2D eigenvalue weighted by Crippen LogP contribution is 2.32. The van der Waals surface area contributed by atoms with Crippen molar-refractivity contribution in [3.05, 3.63) is 0 Å². The molecule has 1 aliphatic carbocycles. The quantitative estimate of drug-likeness (QED) is 0.351. The monoisotopic (exact) mass is 176 g/mol. The predicted molar refractivity (Wildman–Crippen MR) is 38.1 cm³/mol. The summed E-state index contributed by atoms with van der Waals surface area (Å²) in [6.07, 6.45) is 0.399. The van der Waals surface area contributed by atoms with Crippen molar-refractivity contribution >= 4 is 5.78 Å². The Morgan fingerprint density at radius 1 is 1.33 bits per heavy atom. The van der Waals surface area contributed by atoms with Crippen LogP contribution in [0.25, 0.3) is 0 Å². The smallest absolute Gasteiger partial charge is 0.256 e. The fraction of sp³-hybridized carbons (Fsp3) is 0.857. The molecular formula is C7H12O5. The van der Waals surface area contributed by atoms with Crippen molar-refractivity contribution in [1.82, 2.24) is 0 Å². The van der Waals surface area contributed by atoms with Gasteiger partial charge in [-0.2, -0.15) is 0 Å². The topological polar surface area (TPSA) is 98.0 Å². The average Bonchev–Trinajstić information content (AvgIpc) is 2.01. The summed E-state index contributed by atoms with van der Waals surface area (Å²) in [5.41, 5.74) is -2.09. The zero-order chi connectivity index (χ0) is 9.41. The van der Waals surface area contributed by atoms with Crippen LogP contribution in [-0.4, -0.2) is 44.2 Å². The third kappa shape index (κ3) is 1.15. The molecule has 0 aromatic rings. The lowest BCUT2D eigenvalue weighted by molar-refractivity contribution is -0.276. The summed E-state index contributed by atoms with van der Waals surface area (Å²) in [5.74, 6) is -3.63. The van der Waals surface area contributed by atoms with Crippen molar-refractivity contribution < 1.29 is 25.2 Å². The van der Waals surface area contributed by atoms with Gasteiger partial charge in [0.2, 0.25) is 0 Å². The highest BCUT2D eigenvalue weighted by molar-refractivity contribution is 5.87. The second kappa shape index (κ2) is 2.77. The summed E-state index contributed by atoms with van der Waals surface area (Å²) in [7, 11) is 0. The van der Waals surface area contributed by atoms with E-state index in [1.54, 1.807) is 0 Å². The molecule has 12 heavy (non-hydrogen) atoms. The van der Waals surface area contributed by atoms with Gasteiger partial charge in [-0.3, -0.25) is 4.79 Å². The Bertz CT molecular complexity index is 200. The molecule has 0 saturated heterocycles. The van der Waals surface area contributed by atoms with Crippen LogP contribution >= 0.6 is 0 Å². The first-order chi connectivity index (χ1) is 5.44. The van der Waals surface area contributed by atoms with Gasteiger partial charge in [0.15, 0.2) is 5.78 Å². The van der Waals surface area contributed by atoms with Gasteiger partial charge in [0.1, 0.15) is 5.60 Å². The predicted octanol–water partition coefficient (Wildman–Crippen LogP) is -1.86. The van der Waals surface area contributed by atoms with Crippen molar-refractivity contribution in [2.75, 3.05) is 6.61 Å². The summed E-state index contributed by atoms with van der Waals surface area (Å²) in [5, 5.41) is 36.4. The van der Waals surface area contributed by atoms with Gasteiger partial charge < -0.3 is 20.4 Å². The molecule has 0 bridgehead atoms. The van der Waals surface area contributed by atoms with E-state index in [0.717, 1.165) is 0 Å². The first-order valence-electron chi connectivity index (χ1n) is 3.75. The lowest BCUT2D eigenvalue weighted by Crippen LogP contribution is -2.63. The van der Waals surface area contributed by atoms with Crippen molar-refractivity contribution in [3.8, 4) is 0 Å². The Balaban J connectivity index is 2.94. The SMILES string of the molecule is O=C1CCCC(O)(CO)C1(O)O. The summed E-state index contributed by atoms with van der Waals surface area (Å²) >= 11 is 0. The second-order valence-corrected chi connectivity index (χ2v) is 3.14. The number of aliphatic hydroxyl groups excluding tert-OH is 1. The number of aliphatic hydroxyl groups is 4. The van der Waals surface area contributed by atoms with Crippen LogP contribution in [0.1, 0.15) is 19.3 Å². The van der Waals surface area contributed by atoms with Crippen molar-refractivity contribution in [3.63, 3.8) is 0 Å². The number of Topliss-reactive ketones (excluding diaryl/α,β-unsaturated/α-hetero) is 1. The van der Waals surface area contributed by atoms with Gasteiger partial charge in [-0.05, 0) is 12.8 Å². The van der Waals surface area contributed by atoms with E-state index in [1.807, 2.05) is 0 Å². The molecule has 0 spiro atoms. The van der Waals surface area contributed by atoms with E-state index in [-0.39, 0.29) is 12.8 Å². The molecule has 0 heterocycles. The fourth-order valence-corrected chi connectivity index (χ4v) is 1.34. The van der Waals surface area contributed by atoms with Crippen molar-refractivity contribution in [2.24, 2.45) is 0 Å². The van der Waals surface area contributed by atoms with Crippen LogP contribution in [0.4, 0.5) is 0 Å². The van der Waals surface area contributed by atoms with Crippen LogP contribution in [-0.2, 0) is 4.79 Å². The number of hydrogen-bond acceptors (Lipinski definition) is 5. The number of ketones is 1. The standard InChI is InChI=1S/C7H12O5/c8-4-6(10)3-1-2-5(9)7(6,11)12/h8,10-12H,1-4H2. The maximum atomic E-state index is 10.9. The summed E-state index contributed by atoms with van der Waals surface area (Å²) in [6.45, 7) is -0.828. The summed E-state index contributed by atoms with van der Waals surface area (Å²) < 4.78 is 0. The molecule has 0 aliphatic heterocycles. The molecule has 1 saturated carbocycles. The number of hydrogen-bond donors (Lipinski definition) is 4. The van der Waals surface area contributed by atoms with Gasteiger partial charge in [0.25, 0.3) is 5.79 Å². The fourth-order valence-electron chi connectivity index (χ4n) is 1.34. The zero-order valence-electron chi connectivity index (χ0n) is 6.53. The van der Waals surface area contributed by atoms with Crippen LogP contribution in [0, 0.1) is 0 Å². The van der Waals surface area contributed by atoms with Crippen LogP contribution in [0.5, 0.6) is 0 Å². The van der Waals surface area contributed by atoms with Gasteiger partial charge in [-0.15, -0.1) is 0 Å². The van der Waals surface area contributed by atoms with Crippen molar-refractivity contribution in [2.45, 2.75) is 30.7 Å². The normalized spacial score (nSPS) is 35.2. The van der Waals surface area contributed by atoms with Crippen LogP contribution in [0.3, 0.4) is 0 Å². The molecule has 0 aromatic heterocycles. The Hall–Kier alpha value is -0.490. The first-order valence-corrected chi connectivity index (χ1v) is 3.75. The van der Waals surface area contributed by atoms with E-state index < -0.39 is 23.8 Å². The second-order valence-electron chi connectivity index (χ2n) is 3.14. The van der Waals surface area contributed by atoms with Gasteiger partial charge >= 0.3 is 0 Å². The maximum absolute atomic E-state index is 10.9. The minimum absolute atomic E-state index is 0.0161. The molecule has 1 fully saturated rings. The Labute approximate surface area is 69.3 Å². The Morgan fingerprint density at radius 2 is 1.92 bits per heavy atom. The van der Waals surface area contributed by atoms with Gasteiger partial charge in [0.05, 0.1) is 6.61 Å². The minimum atomic E-state index is -2.79. The van der Waals surface area contributed by atoms with E-state index in [2.05, 4.69) is 0 Å². The minimum Gasteiger partial charge on any atom is -0.393 e. The molecule has 1 atom stereocenters. The molecule has 0 amide bonds. The lowest BCUT2D eigenvalue weighted by atomic mass is 9.79. The van der Waals surface area contributed by atoms with Crippen LogP contribution in [0.15, 0.2) is 0 Å². The van der Waals surface area contributed by atoms with Crippen LogP contribution in [0.2, 0.25) is 0 Å². The van der Waals surface area contributed by atoms with Gasteiger partial charge in [-0.1, -0.05) is 0 Å². The van der Waals surface area contributed by atoms with E-state index in [0.29, 0.717) is 6.42 Å². The van der Waals surface area contributed by atoms with Gasteiger partial charge in [0, 0.05) is 6.42 Å². The zero-order valence-corrected chi connectivity index (χ0v) is 6.53. The molecular weight excluding hydrogens is 164 g/mol. The molecule has 5 nitrogen and oxygen atoms in total. The summed E-state index contributed by atoms with van der Waals surface area (Å²) in [4.78, 5) is 10.9. The highest BCUT2D eigenvalue weighted by atomic mass is 16.5. The largest absolute Gasteiger partial charge is 0.393 e. The van der Waals surface area contributed by atoms with E-state index in [4.69, 9.17) is 15.3 Å². The lowest BCUT2D eigenvalue weighted by Gasteiger charge is -2.40. The Morgan fingerprint density at radius 3 is 2.33 bits per heavy atom. The third-order valence-corrected chi connectivity index (χ3v) is 2.29. The van der Waals surface area contributed by atoms with Gasteiger partial charge in [-0.25, -0.2) is 0 Å². The first kappa shape index (κ1) is 9.60. The number of carbonyl (C=O) groups is 1. The van der Waals surface area contributed by atoms with E-state index in [1.165, 1.54) is 0 Å². The number of carbonyl (C=O) groups excluding carboxylic acids is 1. The molecule has 4 N–H and O–H groups in total. The molecule has 1 aliphatic rings. The highest BCUT2D eigenvalue weighted by Gasteiger charge is 2.55. The molecule has 1 unspecified atom stereocenters. The maximum Gasteiger partial charge on any atom is 0.256 e. The molecule has 5 heteroatoms. The van der Waals surface area contributed by atoms with E-state index >= 15 is 0 Å². The molecule has 0 radical (unpaired) electrons. The van der Waals surface area contributed by atoms with Crippen molar-refractivity contribution in [1.29, 1.82) is 0 Å². The average molecular weight is 176 g/mol. The molecule has 0 aromatic carbocycles. The number of rotatable bonds is 1. The molecule has 70 valence electrons. The Kier molecular flexibility index (Phi) is 2.22. The van der Waals surface area contributed by atoms with E-state index in [9.17, 15) is 9.90 Å². The third-order valence-electron chi connectivity index (χ3n) is 2.29. The summed E-state index contributed by atoms with van der Waals surface area (Å²) in [6, 6.07) is 0. The molecule has 1 rings (SSSR count). The van der Waals surface area contributed by atoms with Crippen LogP contribution < -0.4 is 0 Å².